The number of methoxy groups -OCH3 is 1. The second-order valence-corrected chi connectivity index (χ2v) is 6.20. The van der Waals surface area contributed by atoms with Crippen molar-refractivity contribution >= 4 is 29.1 Å². The van der Waals surface area contributed by atoms with E-state index in [0.717, 1.165) is 29.9 Å². The summed E-state index contributed by atoms with van der Waals surface area (Å²) >= 11 is 7.36. The van der Waals surface area contributed by atoms with Crippen molar-refractivity contribution in [3.8, 4) is 0 Å². The lowest BCUT2D eigenvalue weighted by molar-refractivity contribution is 0.195. The molecular formula is C12H24N2OS2. The maximum atomic E-state index is 5.31. The van der Waals surface area contributed by atoms with Crippen molar-refractivity contribution in [3.63, 3.8) is 0 Å². The second-order valence-electron chi connectivity index (χ2n) is 4.28. The van der Waals surface area contributed by atoms with Crippen LogP contribution in [-0.4, -0.2) is 42.4 Å². The normalized spacial score (nSPS) is 23.6. The highest BCUT2D eigenvalue weighted by atomic mass is 32.2. The molecule has 3 nitrogen and oxygen atoms in total. The molecule has 2 unspecified atom stereocenters. The summed E-state index contributed by atoms with van der Waals surface area (Å²) in [4.78, 5) is 0. The van der Waals surface area contributed by atoms with Crippen LogP contribution in [0.25, 0.3) is 0 Å². The zero-order valence-corrected chi connectivity index (χ0v) is 12.5. The highest BCUT2D eigenvalue weighted by molar-refractivity contribution is 7.99. The summed E-state index contributed by atoms with van der Waals surface area (Å²) in [6.07, 6.45) is 4.89. The van der Waals surface area contributed by atoms with E-state index in [-0.39, 0.29) is 0 Å². The molecular weight excluding hydrogens is 252 g/mol. The first kappa shape index (κ1) is 15.1. The van der Waals surface area contributed by atoms with Crippen LogP contribution >= 0.6 is 24.0 Å². The first-order valence-electron chi connectivity index (χ1n) is 6.42. The van der Waals surface area contributed by atoms with E-state index < -0.39 is 0 Å². The molecule has 1 aliphatic carbocycles. The molecule has 17 heavy (non-hydrogen) atoms. The molecule has 5 heteroatoms. The van der Waals surface area contributed by atoms with Gasteiger partial charge in [0.05, 0.1) is 0 Å². The van der Waals surface area contributed by atoms with Crippen LogP contribution in [0.5, 0.6) is 0 Å². The van der Waals surface area contributed by atoms with Gasteiger partial charge in [0.1, 0.15) is 0 Å². The topological polar surface area (TPSA) is 33.3 Å². The minimum atomic E-state index is 0.558. The van der Waals surface area contributed by atoms with Gasteiger partial charge in [0.25, 0.3) is 0 Å². The van der Waals surface area contributed by atoms with E-state index in [1.165, 1.54) is 25.0 Å². The highest BCUT2D eigenvalue weighted by Gasteiger charge is 2.27. The molecule has 0 spiro atoms. The Labute approximate surface area is 114 Å². The zero-order valence-electron chi connectivity index (χ0n) is 10.8. The van der Waals surface area contributed by atoms with E-state index in [1.807, 2.05) is 0 Å². The number of ether oxygens (including phenoxy) is 1. The Morgan fingerprint density at radius 2 is 2.29 bits per heavy atom. The molecule has 0 aliphatic heterocycles. The number of rotatable bonds is 7. The largest absolute Gasteiger partial charge is 0.385 e. The van der Waals surface area contributed by atoms with E-state index in [1.54, 1.807) is 7.11 Å². The molecule has 0 aromatic heterocycles. The number of hydrogen-bond donors (Lipinski definition) is 2. The molecule has 1 saturated carbocycles. The molecule has 2 N–H and O–H groups in total. The Kier molecular flexibility index (Phi) is 7.97. The van der Waals surface area contributed by atoms with E-state index in [9.17, 15) is 0 Å². The summed E-state index contributed by atoms with van der Waals surface area (Å²) in [7, 11) is 1.72. The molecule has 0 heterocycles. The van der Waals surface area contributed by atoms with Crippen molar-refractivity contribution in [2.75, 3.05) is 26.0 Å². The van der Waals surface area contributed by atoms with Gasteiger partial charge in [-0.2, -0.15) is 11.8 Å². The van der Waals surface area contributed by atoms with Gasteiger partial charge in [-0.25, -0.2) is 0 Å². The number of nitrogens with one attached hydrogen (secondary N) is 2. The van der Waals surface area contributed by atoms with Crippen LogP contribution < -0.4 is 10.6 Å². The van der Waals surface area contributed by atoms with Gasteiger partial charge in [0.2, 0.25) is 0 Å². The van der Waals surface area contributed by atoms with Gasteiger partial charge < -0.3 is 15.4 Å². The second kappa shape index (κ2) is 9.00. The number of hydrogen-bond acceptors (Lipinski definition) is 3. The van der Waals surface area contributed by atoms with Crippen LogP contribution in [0.3, 0.4) is 0 Å². The SMILES string of the molecule is CCSC1CCCC1NC(=S)NCCCOC. The molecule has 0 aromatic carbocycles. The third-order valence-corrected chi connectivity index (χ3v) is 4.55. The molecule has 0 aromatic rings. The summed E-state index contributed by atoms with van der Waals surface area (Å²) in [6.45, 7) is 3.90. The Morgan fingerprint density at radius 1 is 1.47 bits per heavy atom. The van der Waals surface area contributed by atoms with Gasteiger partial charge in [0, 0.05) is 31.6 Å². The molecule has 1 rings (SSSR count). The van der Waals surface area contributed by atoms with Crippen molar-refractivity contribution in [1.82, 2.24) is 10.6 Å². The van der Waals surface area contributed by atoms with Crippen molar-refractivity contribution in [2.24, 2.45) is 0 Å². The minimum absolute atomic E-state index is 0.558. The predicted molar refractivity (Wildman–Crippen MR) is 79.8 cm³/mol. The maximum Gasteiger partial charge on any atom is 0.166 e. The Morgan fingerprint density at radius 3 is 3.00 bits per heavy atom. The van der Waals surface area contributed by atoms with Gasteiger partial charge in [-0.3, -0.25) is 0 Å². The van der Waals surface area contributed by atoms with Gasteiger partial charge in [-0.1, -0.05) is 13.3 Å². The smallest absolute Gasteiger partial charge is 0.166 e. The molecule has 0 bridgehead atoms. The number of thiocarbonyl (C=S) groups is 1. The molecule has 1 fully saturated rings. The predicted octanol–water partition coefficient (Wildman–Crippen LogP) is 2.16. The van der Waals surface area contributed by atoms with Crippen molar-refractivity contribution < 1.29 is 4.74 Å². The van der Waals surface area contributed by atoms with Crippen LogP contribution in [0.2, 0.25) is 0 Å². The fourth-order valence-electron chi connectivity index (χ4n) is 2.14. The third-order valence-electron chi connectivity index (χ3n) is 2.96. The van der Waals surface area contributed by atoms with Crippen LogP contribution in [0.1, 0.15) is 32.6 Å². The van der Waals surface area contributed by atoms with E-state index in [4.69, 9.17) is 17.0 Å². The van der Waals surface area contributed by atoms with Crippen molar-refractivity contribution in [1.29, 1.82) is 0 Å². The van der Waals surface area contributed by atoms with Gasteiger partial charge in [0.15, 0.2) is 5.11 Å². The third kappa shape index (κ3) is 5.93. The highest BCUT2D eigenvalue weighted by Crippen LogP contribution is 2.29. The molecule has 1 aliphatic rings. The van der Waals surface area contributed by atoms with Crippen LogP contribution in [0.4, 0.5) is 0 Å². The summed E-state index contributed by atoms with van der Waals surface area (Å²) in [5.41, 5.74) is 0. The lowest BCUT2D eigenvalue weighted by Crippen LogP contribution is -2.44. The Hall–Kier alpha value is -0.0000000000000000486. The standard InChI is InChI=1S/C12H24N2OS2/c1-3-17-11-7-4-6-10(11)14-12(16)13-8-5-9-15-2/h10-11H,3-9H2,1-2H3,(H2,13,14,16). The first-order valence-corrected chi connectivity index (χ1v) is 7.88. The molecule has 0 amide bonds. The van der Waals surface area contributed by atoms with Crippen LogP contribution in [0.15, 0.2) is 0 Å². The van der Waals surface area contributed by atoms with Crippen molar-refractivity contribution in [3.05, 3.63) is 0 Å². The van der Waals surface area contributed by atoms with Crippen LogP contribution in [-0.2, 0) is 4.74 Å². The van der Waals surface area contributed by atoms with Crippen LogP contribution in [0, 0.1) is 0 Å². The Bertz CT molecular complexity index is 227. The van der Waals surface area contributed by atoms with Gasteiger partial charge in [-0.05, 0) is 37.2 Å². The molecule has 2 atom stereocenters. The zero-order chi connectivity index (χ0) is 12.5. The Balaban J connectivity index is 2.16. The van der Waals surface area contributed by atoms with Gasteiger partial charge in [-0.15, -0.1) is 0 Å². The molecule has 0 radical (unpaired) electrons. The quantitative estimate of drug-likeness (QED) is 0.550. The van der Waals surface area contributed by atoms with Crippen molar-refractivity contribution in [2.45, 2.75) is 43.9 Å². The van der Waals surface area contributed by atoms with E-state index >= 15 is 0 Å². The molecule has 100 valence electrons. The monoisotopic (exact) mass is 276 g/mol. The fourth-order valence-corrected chi connectivity index (χ4v) is 3.59. The van der Waals surface area contributed by atoms with E-state index in [2.05, 4.69) is 29.3 Å². The lowest BCUT2D eigenvalue weighted by Gasteiger charge is -2.22. The maximum absolute atomic E-state index is 5.31. The summed E-state index contributed by atoms with van der Waals surface area (Å²) < 4.78 is 5.00. The average molecular weight is 276 g/mol. The summed E-state index contributed by atoms with van der Waals surface area (Å²) in [5, 5.41) is 8.22. The van der Waals surface area contributed by atoms with Gasteiger partial charge >= 0.3 is 0 Å². The first-order chi connectivity index (χ1) is 8.27. The lowest BCUT2D eigenvalue weighted by atomic mass is 10.2. The average Bonchev–Trinajstić information content (AvgIpc) is 2.73. The summed E-state index contributed by atoms with van der Waals surface area (Å²) in [6, 6.07) is 0.558. The number of thioether (sulfide) groups is 1. The molecule has 0 saturated heterocycles. The van der Waals surface area contributed by atoms with E-state index in [0.29, 0.717) is 6.04 Å². The summed E-state index contributed by atoms with van der Waals surface area (Å²) in [5.74, 6) is 1.19. The minimum Gasteiger partial charge on any atom is -0.385 e. The fraction of sp³-hybridized carbons (Fsp3) is 0.917.